The fourth-order valence-electron chi connectivity index (χ4n) is 3.38. The van der Waals surface area contributed by atoms with Gasteiger partial charge in [0, 0.05) is 16.9 Å². The van der Waals surface area contributed by atoms with E-state index in [0.717, 1.165) is 15.1 Å². The molecule has 0 amide bonds. The van der Waals surface area contributed by atoms with Crippen LogP contribution in [-0.2, 0) is 17.8 Å². The summed E-state index contributed by atoms with van der Waals surface area (Å²) in [6.45, 7) is 4.52. The van der Waals surface area contributed by atoms with Crippen molar-refractivity contribution >= 4 is 21.6 Å². The Morgan fingerprint density at radius 3 is 2.70 bits per heavy atom. The highest BCUT2D eigenvalue weighted by atomic mass is 32.1. The molecule has 142 valence electrons. The Morgan fingerprint density at radius 1 is 1.26 bits per heavy atom. The molecule has 0 bridgehead atoms. The number of fused-ring (bicyclic) bond motifs is 3. The summed E-state index contributed by atoms with van der Waals surface area (Å²) in [5.74, 6) is 7.67. The van der Waals surface area contributed by atoms with Gasteiger partial charge in [-0.2, -0.15) is 0 Å². The lowest BCUT2D eigenvalue weighted by atomic mass is 9.94. The average molecular weight is 387 g/mol. The third kappa shape index (κ3) is 2.85. The van der Waals surface area contributed by atoms with Crippen LogP contribution in [0.3, 0.4) is 0 Å². The van der Waals surface area contributed by atoms with Crippen LogP contribution in [0.15, 0.2) is 23.0 Å². The first-order chi connectivity index (χ1) is 12.8. The van der Waals surface area contributed by atoms with Crippen molar-refractivity contribution in [3.8, 4) is 22.9 Å². The second kappa shape index (κ2) is 6.24. The fourth-order valence-corrected chi connectivity index (χ4v) is 4.48. The van der Waals surface area contributed by atoms with E-state index in [1.807, 2.05) is 13.8 Å². The molecule has 7 nitrogen and oxygen atoms in total. The van der Waals surface area contributed by atoms with Gasteiger partial charge < -0.3 is 20.1 Å². The van der Waals surface area contributed by atoms with Crippen LogP contribution < -0.4 is 20.9 Å². The summed E-state index contributed by atoms with van der Waals surface area (Å²) < 4.78 is 17.6. The molecule has 0 radical (unpaired) electrons. The summed E-state index contributed by atoms with van der Waals surface area (Å²) in [5.41, 5.74) is 1.12. The molecular weight excluding hydrogens is 366 g/mol. The van der Waals surface area contributed by atoms with Gasteiger partial charge in [-0.15, -0.1) is 11.3 Å². The second-order valence-electron chi connectivity index (χ2n) is 7.09. The van der Waals surface area contributed by atoms with Crippen molar-refractivity contribution in [1.29, 1.82) is 0 Å². The molecule has 0 saturated heterocycles. The van der Waals surface area contributed by atoms with Gasteiger partial charge in [-0.25, -0.2) is 9.66 Å². The molecule has 0 saturated carbocycles. The highest BCUT2D eigenvalue weighted by molar-refractivity contribution is 7.18. The first kappa shape index (κ1) is 17.8. The molecule has 0 aliphatic carbocycles. The van der Waals surface area contributed by atoms with Crippen molar-refractivity contribution in [3.63, 3.8) is 0 Å². The van der Waals surface area contributed by atoms with Crippen LogP contribution in [0.2, 0.25) is 0 Å². The number of methoxy groups -OCH3 is 2. The zero-order valence-electron chi connectivity index (χ0n) is 15.7. The van der Waals surface area contributed by atoms with E-state index >= 15 is 0 Å². The third-order valence-corrected chi connectivity index (χ3v) is 5.88. The number of thiophene rings is 1. The number of aromatic nitrogens is 2. The van der Waals surface area contributed by atoms with Gasteiger partial charge in [0.2, 0.25) is 0 Å². The Hall–Kier alpha value is -2.58. The monoisotopic (exact) mass is 387 g/mol. The number of ether oxygens (including phenoxy) is 3. The zero-order chi connectivity index (χ0) is 19.3. The molecule has 4 rings (SSSR count). The zero-order valence-corrected chi connectivity index (χ0v) is 16.5. The number of benzene rings is 1. The fraction of sp³-hybridized carbons (Fsp3) is 0.368. The van der Waals surface area contributed by atoms with Crippen molar-refractivity contribution in [2.45, 2.75) is 32.5 Å². The van der Waals surface area contributed by atoms with Crippen molar-refractivity contribution in [1.82, 2.24) is 9.66 Å². The van der Waals surface area contributed by atoms with Gasteiger partial charge >= 0.3 is 0 Å². The van der Waals surface area contributed by atoms with Crippen LogP contribution in [0.1, 0.15) is 24.3 Å². The number of rotatable bonds is 3. The highest BCUT2D eigenvalue weighted by Gasteiger charge is 2.31. The minimum absolute atomic E-state index is 0.250. The molecule has 0 fully saturated rings. The van der Waals surface area contributed by atoms with E-state index in [1.54, 1.807) is 32.4 Å². The molecule has 1 aromatic carbocycles. The lowest BCUT2D eigenvalue weighted by Crippen LogP contribution is -2.33. The van der Waals surface area contributed by atoms with Crippen LogP contribution in [0.4, 0.5) is 0 Å². The number of nitrogens with two attached hydrogens (primary N) is 1. The molecule has 0 atom stereocenters. The van der Waals surface area contributed by atoms with Gasteiger partial charge in [0.25, 0.3) is 5.56 Å². The minimum atomic E-state index is -0.311. The Morgan fingerprint density at radius 2 is 2.00 bits per heavy atom. The Bertz CT molecular complexity index is 1100. The van der Waals surface area contributed by atoms with Crippen molar-refractivity contribution in [2.24, 2.45) is 0 Å². The molecular formula is C19H21N3O4S. The maximum Gasteiger partial charge on any atom is 0.281 e. The molecule has 0 spiro atoms. The Balaban J connectivity index is 1.92. The molecule has 2 N–H and O–H groups in total. The van der Waals surface area contributed by atoms with Crippen LogP contribution in [0.25, 0.3) is 21.6 Å². The summed E-state index contributed by atoms with van der Waals surface area (Å²) in [6.07, 6.45) is 0.662. The van der Waals surface area contributed by atoms with Gasteiger partial charge in [0.15, 0.2) is 17.3 Å². The summed E-state index contributed by atoms with van der Waals surface area (Å²) in [4.78, 5) is 19.5. The predicted molar refractivity (Wildman–Crippen MR) is 105 cm³/mol. The lowest BCUT2D eigenvalue weighted by molar-refractivity contribution is -0.0379. The maximum absolute atomic E-state index is 13.1. The molecule has 0 unspecified atom stereocenters. The van der Waals surface area contributed by atoms with E-state index in [1.165, 1.54) is 11.3 Å². The highest BCUT2D eigenvalue weighted by Crippen LogP contribution is 2.38. The smallest absolute Gasteiger partial charge is 0.281 e. The molecule has 1 aliphatic rings. The quantitative estimate of drug-likeness (QED) is 0.695. The van der Waals surface area contributed by atoms with E-state index in [2.05, 4.69) is 0 Å². The van der Waals surface area contributed by atoms with Gasteiger partial charge in [-0.05, 0) is 37.6 Å². The van der Waals surface area contributed by atoms with E-state index in [-0.39, 0.29) is 11.2 Å². The van der Waals surface area contributed by atoms with Crippen LogP contribution >= 0.6 is 11.3 Å². The summed E-state index contributed by atoms with van der Waals surface area (Å²) >= 11 is 1.49. The Labute approximate surface area is 160 Å². The number of hydrogen-bond donors (Lipinski definition) is 1. The van der Waals surface area contributed by atoms with Gasteiger partial charge in [-0.3, -0.25) is 4.79 Å². The van der Waals surface area contributed by atoms with Crippen LogP contribution in [-0.4, -0.2) is 29.5 Å². The summed E-state index contributed by atoms with van der Waals surface area (Å²) in [7, 11) is 3.13. The van der Waals surface area contributed by atoms with Gasteiger partial charge in [0.05, 0.1) is 31.8 Å². The normalized spacial score (nSPS) is 15.6. The van der Waals surface area contributed by atoms with E-state index in [0.29, 0.717) is 46.1 Å². The second-order valence-corrected chi connectivity index (χ2v) is 8.17. The van der Waals surface area contributed by atoms with E-state index < -0.39 is 0 Å². The summed E-state index contributed by atoms with van der Waals surface area (Å²) in [5, 5.41) is 0.595. The first-order valence-corrected chi connectivity index (χ1v) is 9.35. The van der Waals surface area contributed by atoms with Crippen LogP contribution in [0, 0.1) is 0 Å². The summed E-state index contributed by atoms with van der Waals surface area (Å²) in [6, 6.07) is 5.33. The van der Waals surface area contributed by atoms with Crippen molar-refractivity contribution in [2.75, 3.05) is 20.1 Å². The standard InChI is InChI=1S/C19H21N3O4S/c1-19(2)8-11-14(9-26-19)27-17-15(11)18(23)22(20)16(21-17)10-5-6-12(24-3)13(7-10)25-4/h5-7H,8-9,20H2,1-4H3. The minimum Gasteiger partial charge on any atom is -0.493 e. The van der Waals surface area contributed by atoms with Gasteiger partial charge in [0.1, 0.15) is 4.83 Å². The number of nitrogens with zero attached hydrogens (tertiary/aromatic N) is 2. The van der Waals surface area contributed by atoms with E-state index in [4.69, 9.17) is 25.0 Å². The SMILES string of the molecule is COc1ccc(-c2nc3sc4c(c3c(=O)n2N)CC(C)(C)OC4)cc1OC. The molecule has 1 aliphatic heterocycles. The lowest BCUT2D eigenvalue weighted by Gasteiger charge is -2.29. The molecule has 8 heteroatoms. The van der Waals surface area contributed by atoms with Crippen molar-refractivity contribution < 1.29 is 14.2 Å². The van der Waals surface area contributed by atoms with Crippen LogP contribution in [0.5, 0.6) is 11.5 Å². The first-order valence-electron chi connectivity index (χ1n) is 8.53. The molecule has 27 heavy (non-hydrogen) atoms. The topological polar surface area (TPSA) is 88.6 Å². The number of nitrogen functional groups attached to an aromatic ring is 1. The Kier molecular flexibility index (Phi) is 4.12. The maximum atomic E-state index is 13.1. The largest absolute Gasteiger partial charge is 0.493 e. The average Bonchev–Trinajstić information content (AvgIpc) is 3.00. The predicted octanol–water partition coefficient (Wildman–Crippen LogP) is 2.71. The molecule has 3 heterocycles. The van der Waals surface area contributed by atoms with Crippen molar-refractivity contribution in [3.05, 3.63) is 39.0 Å². The van der Waals surface area contributed by atoms with E-state index in [9.17, 15) is 4.79 Å². The number of hydrogen-bond acceptors (Lipinski definition) is 7. The molecule has 2 aromatic heterocycles. The van der Waals surface area contributed by atoms with Gasteiger partial charge in [-0.1, -0.05) is 0 Å². The third-order valence-electron chi connectivity index (χ3n) is 4.78. The molecule has 3 aromatic rings.